The molecule has 3 rings (SSSR count). The van der Waals surface area contributed by atoms with Crippen LogP contribution >= 0.6 is 0 Å². The first-order chi connectivity index (χ1) is 13.8. The van der Waals surface area contributed by atoms with E-state index < -0.39 is 5.60 Å². The number of alkyl carbamates (subject to hydrolysis) is 1. The van der Waals surface area contributed by atoms with Crippen LogP contribution in [-0.2, 0) is 11.3 Å². The number of hydrogen-bond donors (Lipinski definition) is 2. The van der Waals surface area contributed by atoms with Crippen LogP contribution < -0.4 is 10.6 Å². The summed E-state index contributed by atoms with van der Waals surface area (Å²) in [6.07, 6.45) is 2.10. The molecule has 0 saturated carbocycles. The van der Waals surface area contributed by atoms with Crippen molar-refractivity contribution >= 4 is 12.1 Å². The molecule has 1 aromatic carbocycles. The summed E-state index contributed by atoms with van der Waals surface area (Å²) in [5.74, 6) is 1.36. The van der Waals surface area contributed by atoms with Gasteiger partial charge >= 0.3 is 6.09 Å². The fraction of sp³-hybridized carbons (Fsp3) is 0.476. The van der Waals surface area contributed by atoms with Crippen molar-refractivity contribution in [2.75, 3.05) is 20.1 Å². The zero-order valence-corrected chi connectivity index (χ0v) is 17.4. The van der Waals surface area contributed by atoms with E-state index in [1.165, 1.54) is 0 Å². The molecule has 1 aromatic heterocycles. The van der Waals surface area contributed by atoms with Gasteiger partial charge in [-0.05, 0) is 39.3 Å². The van der Waals surface area contributed by atoms with Crippen molar-refractivity contribution in [3.63, 3.8) is 0 Å². The Labute approximate surface area is 171 Å². The molecule has 0 bridgehead atoms. The minimum Gasteiger partial charge on any atom is -0.444 e. The van der Waals surface area contributed by atoms with Crippen LogP contribution in [0.5, 0.6) is 0 Å². The molecular weight excluding hydrogens is 370 g/mol. The van der Waals surface area contributed by atoms with Crippen LogP contribution in [-0.4, -0.2) is 53.7 Å². The fourth-order valence-corrected chi connectivity index (χ4v) is 3.15. The number of rotatable bonds is 4. The highest BCUT2D eigenvalue weighted by Gasteiger charge is 2.27. The van der Waals surface area contributed by atoms with Gasteiger partial charge in [0.2, 0.25) is 5.89 Å². The Hall–Kier alpha value is -3.03. The highest BCUT2D eigenvalue weighted by molar-refractivity contribution is 5.80. The molecule has 1 saturated heterocycles. The van der Waals surface area contributed by atoms with E-state index >= 15 is 0 Å². The molecule has 0 spiro atoms. The molecule has 1 aliphatic rings. The molecule has 0 radical (unpaired) electrons. The quantitative estimate of drug-likeness (QED) is 0.607. The van der Waals surface area contributed by atoms with Crippen molar-refractivity contribution in [2.45, 2.75) is 45.4 Å². The van der Waals surface area contributed by atoms with Gasteiger partial charge in [0.1, 0.15) is 11.9 Å². The van der Waals surface area contributed by atoms with E-state index in [0.29, 0.717) is 19.0 Å². The fourth-order valence-electron chi connectivity index (χ4n) is 3.15. The van der Waals surface area contributed by atoms with Crippen LogP contribution in [0.2, 0.25) is 0 Å². The van der Waals surface area contributed by atoms with Crippen LogP contribution in [0.1, 0.15) is 32.9 Å². The van der Waals surface area contributed by atoms with Gasteiger partial charge in [0.05, 0.1) is 18.3 Å². The smallest absolute Gasteiger partial charge is 0.407 e. The third-order valence-corrected chi connectivity index (χ3v) is 4.42. The van der Waals surface area contributed by atoms with Crippen molar-refractivity contribution in [3.05, 3.63) is 42.3 Å². The number of ether oxygens (including phenoxy) is 1. The van der Waals surface area contributed by atoms with Gasteiger partial charge in [-0.25, -0.2) is 9.78 Å². The Morgan fingerprint density at radius 2 is 2.10 bits per heavy atom. The Kier molecular flexibility index (Phi) is 6.41. The predicted octanol–water partition coefficient (Wildman–Crippen LogP) is 3.02. The van der Waals surface area contributed by atoms with Gasteiger partial charge in [0.15, 0.2) is 5.96 Å². The Morgan fingerprint density at radius 3 is 2.79 bits per heavy atom. The number of carbonyl (C=O) groups is 1. The van der Waals surface area contributed by atoms with Crippen molar-refractivity contribution < 1.29 is 13.9 Å². The van der Waals surface area contributed by atoms with Gasteiger partial charge in [-0.1, -0.05) is 18.2 Å². The Balaban J connectivity index is 1.50. The summed E-state index contributed by atoms with van der Waals surface area (Å²) in [4.78, 5) is 23.0. The number of nitrogens with zero attached hydrogens (tertiary/aromatic N) is 3. The average molecular weight is 399 g/mol. The molecule has 29 heavy (non-hydrogen) atoms. The van der Waals surface area contributed by atoms with Crippen molar-refractivity contribution in [2.24, 2.45) is 4.99 Å². The molecule has 8 heteroatoms. The monoisotopic (exact) mass is 399 g/mol. The number of benzene rings is 1. The van der Waals surface area contributed by atoms with E-state index in [2.05, 4.69) is 25.5 Å². The van der Waals surface area contributed by atoms with Crippen molar-refractivity contribution in [1.82, 2.24) is 20.5 Å². The maximum Gasteiger partial charge on any atom is 0.407 e. The molecule has 1 amide bonds. The number of nitrogens with one attached hydrogen (secondary N) is 2. The molecule has 0 aliphatic carbocycles. The number of amides is 1. The van der Waals surface area contributed by atoms with Crippen molar-refractivity contribution in [3.8, 4) is 11.5 Å². The number of likely N-dealkylation sites (tertiary alicyclic amines) is 1. The molecule has 1 fully saturated rings. The second kappa shape index (κ2) is 8.98. The molecule has 1 aliphatic heterocycles. The average Bonchev–Trinajstić information content (AvgIpc) is 3.31. The molecule has 1 unspecified atom stereocenters. The standard InChI is InChI=1S/C21H29N5O3/c1-21(2,3)29-20(27)25-16-10-11-26(13-16)19(22-4)23-12-17-14-28-18(24-17)15-8-6-5-7-9-15/h5-9,14,16H,10-13H2,1-4H3,(H,22,23)(H,25,27). The first kappa shape index (κ1) is 20.7. The largest absolute Gasteiger partial charge is 0.444 e. The molecule has 1 atom stereocenters. The molecule has 2 heterocycles. The number of oxazole rings is 1. The molecule has 2 aromatic rings. The molecule has 156 valence electrons. The van der Waals surface area contributed by atoms with E-state index in [4.69, 9.17) is 9.15 Å². The van der Waals surface area contributed by atoms with Gasteiger partial charge in [-0.2, -0.15) is 0 Å². The van der Waals surface area contributed by atoms with E-state index in [0.717, 1.165) is 30.2 Å². The van der Waals surface area contributed by atoms with Crippen LogP contribution in [0.4, 0.5) is 4.79 Å². The van der Waals surface area contributed by atoms with Gasteiger partial charge in [0.25, 0.3) is 0 Å². The van der Waals surface area contributed by atoms with Gasteiger partial charge in [0, 0.05) is 25.7 Å². The summed E-state index contributed by atoms with van der Waals surface area (Å²) in [5, 5.41) is 6.24. The first-order valence-electron chi connectivity index (χ1n) is 9.79. The van der Waals surface area contributed by atoms with E-state index in [1.54, 1.807) is 13.3 Å². The van der Waals surface area contributed by atoms with E-state index in [9.17, 15) is 4.79 Å². The van der Waals surface area contributed by atoms with Crippen LogP contribution in [0.25, 0.3) is 11.5 Å². The number of carbonyl (C=O) groups excluding carboxylic acids is 1. The van der Waals surface area contributed by atoms with Crippen molar-refractivity contribution in [1.29, 1.82) is 0 Å². The lowest BCUT2D eigenvalue weighted by molar-refractivity contribution is 0.0507. The molecular formula is C21H29N5O3. The summed E-state index contributed by atoms with van der Waals surface area (Å²) < 4.78 is 10.9. The highest BCUT2D eigenvalue weighted by Crippen LogP contribution is 2.18. The second-order valence-corrected chi connectivity index (χ2v) is 7.99. The third kappa shape index (κ3) is 5.97. The molecule has 8 nitrogen and oxygen atoms in total. The highest BCUT2D eigenvalue weighted by atomic mass is 16.6. The van der Waals surface area contributed by atoms with Gasteiger partial charge in [-0.15, -0.1) is 0 Å². The van der Waals surface area contributed by atoms with E-state index in [1.807, 2.05) is 51.1 Å². The first-order valence-corrected chi connectivity index (χ1v) is 9.79. The lowest BCUT2D eigenvalue weighted by Gasteiger charge is -2.23. The van der Waals surface area contributed by atoms with Crippen LogP contribution in [0.3, 0.4) is 0 Å². The zero-order chi connectivity index (χ0) is 20.9. The van der Waals surface area contributed by atoms with Crippen LogP contribution in [0.15, 0.2) is 46.0 Å². The summed E-state index contributed by atoms with van der Waals surface area (Å²) in [6, 6.07) is 9.82. The summed E-state index contributed by atoms with van der Waals surface area (Å²) in [5.41, 5.74) is 1.24. The van der Waals surface area contributed by atoms with E-state index in [-0.39, 0.29) is 12.1 Å². The SMILES string of the molecule is CN=C(NCc1coc(-c2ccccc2)n1)N1CCC(NC(=O)OC(C)(C)C)C1. The zero-order valence-electron chi connectivity index (χ0n) is 17.4. The van der Waals surface area contributed by atoms with Crippen LogP contribution in [0, 0.1) is 0 Å². The summed E-state index contributed by atoms with van der Waals surface area (Å²) >= 11 is 0. The molecule has 2 N–H and O–H groups in total. The minimum atomic E-state index is -0.504. The lowest BCUT2D eigenvalue weighted by atomic mass is 10.2. The number of hydrogen-bond acceptors (Lipinski definition) is 5. The summed E-state index contributed by atoms with van der Waals surface area (Å²) in [7, 11) is 1.75. The summed E-state index contributed by atoms with van der Waals surface area (Å²) in [6.45, 7) is 7.54. The maximum atomic E-state index is 12.0. The number of aliphatic imine (C=N–C) groups is 1. The maximum absolute atomic E-state index is 12.0. The predicted molar refractivity (Wildman–Crippen MR) is 111 cm³/mol. The topological polar surface area (TPSA) is 92.0 Å². The minimum absolute atomic E-state index is 0.0279. The van der Waals surface area contributed by atoms with Gasteiger partial charge in [-0.3, -0.25) is 4.99 Å². The normalized spacial score (nSPS) is 17.3. The number of guanidine groups is 1. The third-order valence-electron chi connectivity index (χ3n) is 4.42. The second-order valence-electron chi connectivity index (χ2n) is 7.99. The lowest BCUT2D eigenvalue weighted by Crippen LogP contribution is -2.44. The Bertz CT molecular complexity index is 842. The number of aromatic nitrogens is 1. The van der Waals surface area contributed by atoms with Gasteiger partial charge < -0.3 is 24.7 Å². The Morgan fingerprint density at radius 1 is 1.34 bits per heavy atom.